The van der Waals surface area contributed by atoms with Crippen molar-refractivity contribution in [1.29, 1.82) is 0 Å². The minimum atomic E-state index is -4.03. The summed E-state index contributed by atoms with van der Waals surface area (Å²) in [5, 5.41) is 2.63. The van der Waals surface area contributed by atoms with Gasteiger partial charge in [0.15, 0.2) is 0 Å². The van der Waals surface area contributed by atoms with E-state index >= 15 is 0 Å². The van der Waals surface area contributed by atoms with Crippen molar-refractivity contribution in [2.24, 2.45) is 0 Å². The maximum absolute atomic E-state index is 13.8. The van der Waals surface area contributed by atoms with Crippen LogP contribution in [0.15, 0.2) is 47.4 Å². The molecule has 0 aliphatic heterocycles. The van der Waals surface area contributed by atoms with Gasteiger partial charge in [-0.05, 0) is 43.2 Å². The number of amides is 1. The summed E-state index contributed by atoms with van der Waals surface area (Å²) in [6.07, 6.45) is -0.151. The molecule has 2 aromatic rings. The number of hydrogen-bond donors (Lipinski definition) is 2. The Bertz CT molecular complexity index is 896. The molecule has 1 atom stereocenters. The first-order valence-corrected chi connectivity index (χ1v) is 9.48. The van der Waals surface area contributed by atoms with Gasteiger partial charge in [-0.3, -0.25) is 9.52 Å². The molecule has 0 fully saturated rings. The average molecular weight is 380 g/mol. The third kappa shape index (κ3) is 4.59. The predicted octanol–water partition coefficient (Wildman–Crippen LogP) is 3.30. The van der Waals surface area contributed by atoms with Crippen LogP contribution in [0.3, 0.4) is 0 Å². The molecule has 0 saturated heterocycles. The molecule has 2 aromatic carbocycles. The zero-order valence-electron chi connectivity index (χ0n) is 14.7. The smallest absolute Gasteiger partial charge is 0.262 e. The van der Waals surface area contributed by atoms with Gasteiger partial charge in [0, 0.05) is 12.8 Å². The number of carbonyl (C=O) groups excluding carboxylic acids is 1. The lowest BCUT2D eigenvalue weighted by molar-refractivity contribution is -0.125. The van der Waals surface area contributed by atoms with Crippen LogP contribution in [0, 0.1) is 12.7 Å². The minimum absolute atomic E-state index is 0.0518. The highest BCUT2D eigenvalue weighted by atomic mass is 32.2. The molecule has 0 aliphatic carbocycles. The van der Waals surface area contributed by atoms with E-state index in [0.29, 0.717) is 17.7 Å². The van der Waals surface area contributed by atoms with Crippen molar-refractivity contribution in [3.05, 3.63) is 53.8 Å². The van der Waals surface area contributed by atoms with E-state index < -0.39 is 21.9 Å². The summed E-state index contributed by atoms with van der Waals surface area (Å²) in [4.78, 5) is 12.1. The Morgan fingerprint density at radius 1 is 1.23 bits per heavy atom. The molecule has 26 heavy (non-hydrogen) atoms. The molecule has 0 aromatic heterocycles. The first kappa shape index (κ1) is 19.9. The molecule has 1 unspecified atom stereocenters. The molecule has 0 aliphatic rings. The van der Waals surface area contributed by atoms with E-state index in [9.17, 15) is 17.6 Å². The topological polar surface area (TPSA) is 84.5 Å². The van der Waals surface area contributed by atoms with E-state index in [0.717, 1.165) is 6.07 Å². The summed E-state index contributed by atoms with van der Waals surface area (Å²) in [6.45, 7) is 3.42. The van der Waals surface area contributed by atoms with Gasteiger partial charge in [-0.25, -0.2) is 12.8 Å². The zero-order valence-corrected chi connectivity index (χ0v) is 15.6. The first-order chi connectivity index (χ1) is 12.3. The van der Waals surface area contributed by atoms with Gasteiger partial charge >= 0.3 is 0 Å². The van der Waals surface area contributed by atoms with Crippen LogP contribution in [0.2, 0.25) is 0 Å². The highest BCUT2D eigenvalue weighted by Crippen LogP contribution is 2.24. The van der Waals surface area contributed by atoms with Gasteiger partial charge in [0.25, 0.3) is 15.9 Å². The summed E-state index contributed by atoms with van der Waals surface area (Å²) >= 11 is 0. The molecule has 0 bridgehead atoms. The van der Waals surface area contributed by atoms with Crippen molar-refractivity contribution in [1.82, 2.24) is 0 Å². The van der Waals surface area contributed by atoms with Crippen molar-refractivity contribution in [3.63, 3.8) is 0 Å². The van der Waals surface area contributed by atoms with E-state index in [2.05, 4.69) is 10.0 Å². The Hall–Kier alpha value is -2.45. The fraction of sp³-hybridized carbons (Fsp3) is 0.278. The van der Waals surface area contributed by atoms with Crippen LogP contribution in [-0.2, 0) is 19.6 Å². The summed E-state index contributed by atoms with van der Waals surface area (Å²) < 4.78 is 46.3. The van der Waals surface area contributed by atoms with Gasteiger partial charge in [-0.15, -0.1) is 0 Å². The van der Waals surface area contributed by atoms with Crippen LogP contribution in [-0.4, -0.2) is 27.5 Å². The zero-order chi connectivity index (χ0) is 19.3. The third-order valence-electron chi connectivity index (χ3n) is 3.81. The monoisotopic (exact) mass is 380 g/mol. The number of sulfonamides is 1. The van der Waals surface area contributed by atoms with Crippen LogP contribution in [0.5, 0.6) is 0 Å². The molecule has 140 valence electrons. The summed E-state index contributed by atoms with van der Waals surface area (Å²) in [5.74, 6) is -1.05. The van der Waals surface area contributed by atoms with Crippen LogP contribution in [0.25, 0.3) is 0 Å². The highest BCUT2D eigenvalue weighted by molar-refractivity contribution is 7.92. The first-order valence-electron chi connectivity index (χ1n) is 8.00. The summed E-state index contributed by atoms with van der Waals surface area (Å²) in [6, 6.07) is 9.99. The van der Waals surface area contributed by atoms with E-state index in [-0.39, 0.29) is 16.5 Å². The van der Waals surface area contributed by atoms with Crippen LogP contribution >= 0.6 is 0 Å². The van der Waals surface area contributed by atoms with Crippen molar-refractivity contribution in [2.75, 3.05) is 17.1 Å². The van der Waals surface area contributed by atoms with E-state index in [1.807, 2.05) is 0 Å². The van der Waals surface area contributed by atoms with Gasteiger partial charge in [0.1, 0.15) is 11.9 Å². The van der Waals surface area contributed by atoms with Gasteiger partial charge in [0.05, 0.1) is 10.6 Å². The maximum atomic E-state index is 13.8. The number of aryl methyl sites for hydroxylation is 1. The number of nitrogens with one attached hydrogen (secondary N) is 2. The Labute approximate surface area is 152 Å². The molecule has 2 rings (SSSR count). The number of ether oxygens (including phenoxy) is 1. The van der Waals surface area contributed by atoms with Gasteiger partial charge in [-0.1, -0.05) is 25.1 Å². The van der Waals surface area contributed by atoms with Crippen molar-refractivity contribution < 1.29 is 22.3 Å². The normalized spacial score (nSPS) is 12.5. The van der Waals surface area contributed by atoms with Gasteiger partial charge in [-0.2, -0.15) is 0 Å². The molecule has 0 radical (unpaired) electrons. The number of carbonyl (C=O) groups is 1. The standard InChI is InChI=1S/C18H21FN2O4S/c1-4-16(25-3)18(22)20-13-10-9-12(2)17(11-13)26(23,24)21-15-8-6-5-7-14(15)19/h5-11,16,21H,4H2,1-3H3,(H,20,22). The van der Waals surface area contributed by atoms with Gasteiger partial charge < -0.3 is 10.1 Å². The average Bonchev–Trinajstić information content (AvgIpc) is 2.59. The molecule has 2 N–H and O–H groups in total. The number of hydrogen-bond acceptors (Lipinski definition) is 4. The van der Waals surface area contributed by atoms with Crippen LogP contribution < -0.4 is 10.0 Å². The summed E-state index contributed by atoms with van der Waals surface area (Å²) in [5.41, 5.74) is 0.627. The lowest BCUT2D eigenvalue weighted by atomic mass is 10.2. The Balaban J connectivity index is 2.31. The summed E-state index contributed by atoms with van der Waals surface area (Å²) in [7, 11) is -2.60. The molecule has 0 heterocycles. The van der Waals surface area contributed by atoms with E-state index in [1.165, 1.54) is 31.4 Å². The van der Waals surface area contributed by atoms with Crippen molar-refractivity contribution >= 4 is 27.3 Å². The second kappa shape index (κ2) is 8.29. The molecule has 0 spiro atoms. The SMILES string of the molecule is CCC(OC)C(=O)Nc1ccc(C)c(S(=O)(=O)Nc2ccccc2F)c1. The fourth-order valence-corrected chi connectivity index (χ4v) is 3.73. The Morgan fingerprint density at radius 2 is 1.92 bits per heavy atom. The molecule has 6 nitrogen and oxygen atoms in total. The number of anilines is 2. The lowest BCUT2D eigenvalue weighted by Gasteiger charge is -2.15. The number of halogens is 1. The second-order valence-electron chi connectivity index (χ2n) is 5.69. The largest absolute Gasteiger partial charge is 0.372 e. The number of benzene rings is 2. The molecule has 8 heteroatoms. The third-order valence-corrected chi connectivity index (χ3v) is 5.32. The lowest BCUT2D eigenvalue weighted by Crippen LogP contribution is -2.29. The maximum Gasteiger partial charge on any atom is 0.262 e. The van der Waals surface area contributed by atoms with Crippen LogP contribution in [0.1, 0.15) is 18.9 Å². The number of methoxy groups -OCH3 is 1. The molecule has 1 amide bonds. The molecular weight excluding hydrogens is 359 g/mol. The van der Waals surface area contributed by atoms with Crippen molar-refractivity contribution in [3.8, 4) is 0 Å². The second-order valence-corrected chi connectivity index (χ2v) is 7.34. The number of para-hydroxylation sites is 1. The van der Waals surface area contributed by atoms with E-state index in [4.69, 9.17) is 4.74 Å². The Morgan fingerprint density at radius 3 is 2.54 bits per heavy atom. The Kier molecular flexibility index (Phi) is 6.33. The predicted molar refractivity (Wildman–Crippen MR) is 98.1 cm³/mol. The quantitative estimate of drug-likeness (QED) is 0.772. The van der Waals surface area contributed by atoms with Gasteiger partial charge in [0.2, 0.25) is 0 Å². The van der Waals surface area contributed by atoms with E-state index in [1.54, 1.807) is 26.0 Å². The highest BCUT2D eigenvalue weighted by Gasteiger charge is 2.21. The molecule has 0 saturated carbocycles. The van der Waals surface area contributed by atoms with Crippen molar-refractivity contribution in [2.45, 2.75) is 31.3 Å². The fourth-order valence-electron chi connectivity index (χ4n) is 2.39. The minimum Gasteiger partial charge on any atom is -0.372 e. The molecular formula is C18H21FN2O4S. The number of rotatable bonds is 7. The van der Waals surface area contributed by atoms with Crippen LogP contribution in [0.4, 0.5) is 15.8 Å².